The highest BCUT2D eigenvalue weighted by Gasteiger charge is 2.42. The molecule has 0 aromatic carbocycles. The highest BCUT2D eigenvalue weighted by atomic mass is 16.5. The van der Waals surface area contributed by atoms with E-state index in [0.29, 0.717) is 25.3 Å². The van der Waals surface area contributed by atoms with Gasteiger partial charge in [-0.15, -0.1) is 0 Å². The molecule has 2 bridgehead atoms. The Hall–Kier alpha value is -2.64. The van der Waals surface area contributed by atoms with Crippen LogP contribution >= 0.6 is 0 Å². The van der Waals surface area contributed by atoms with Gasteiger partial charge in [0.25, 0.3) is 5.91 Å². The van der Waals surface area contributed by atoms with Crippen LogP contribution in [0.25, 0.3) is 0 Å². The molecule has 8 nitrogen and oxygen atoms in total. The van der Waals surface area contributed by atoms with E-state index in [1.165, 1.54) is 0 Å². The van der Waals surface area contributed by atoms with Gasteiger partial charge in [-0.3, -0.25) is 14.3 Å². The molecule has 5 rings (SSSR count). The van der Waals surface area contributed by atoms with Gasteiger partial charge >= 0.3 is 0 Å². The summed E-state index contributed by atoms with van der Waals surface area (Å²) >= 11 is 0. The Labute approximate surface area is 151 Å². The van der Waals surface area contributed by atoms with E-state index >= 15 is 0 Å². The maximum atomic E-state index is 13.0. The number of amides is 2. The molecule has 3 fully saturated rings. The lowest BCUT2D eigenvalue weighted by molar-refractivity contribution is -0.140. The predicted octanol–water partition coefficient (Wildman–Crippen LogP) is 1.29. The molecule has 8 heteroatoms. The van der Waals surface area contributed by atoms with Crippen LogP contribution in [0.3, 0.4) is 0 Å². The number of piperidine rings is 1. The Morgan fingerprint density at radius 1 is 1.31 bits per heavy atom. The average Bonchev–Trinajstić information content (AvgIpc) is 3.06. The van der Waals surface area contributed by atoms with Gasteiger partial charge in [-0.05, 0) is 32.8 Å². The number of hydrogen-bond acceptors (Lipinski definition) is 5. The van der Waals surface area contributed by atoms with Gasteiger partial charge in [0.2, 0.25) is 5.91 Å². The van der Waals surface area contributed by atoms with Crippen LogP contribution in [0, 0.1) is 19.8 Å². The van der Waals surface area contributed by atoms with Crippen molar-refractivity contribution in [2.24, 2.45) is 13.0 Å². The zero-order valence-corrected chi connectivity index (χ0v) is 15.3. The maximum absolute atomic E-state index is 13.0. The number of nitrogens with zero attached hydrogens (tertiary/aromatic N) is 5. The van der Waals surface area contributed by atoms with Crippen molar-refractivity contribution in [3.05, 3.63) is 35.0 Å². The summed E-state index contributed by atoms with van der Waals surface area (Å²) in [4.78, 5) is 29.5. The smallest absolute Gasteiger partial charge is 0.274 e. The van der Waals surface area contributed by atoms with Gasteiger partial charge < -0.3 is 14.3 Å². The first-order chi connectivity index (χ1) is 12.4. The second-order valence-corrected chi connectivity index (χ2v) is 7.28. The second kappa shape index (κ2) is 6.26. The summed E-state index contributed by atoms with van der Waals surface area (Å²) in [5.41, 5.74) is 2.21. The zero-order chi connectivity index (χ0) is 18.4. The third-order valence-electron chi connectivity index (χ3n) is 5.52. The summed E-state index contributed by atoms with van der Waals surface area (Å²) in [5.74, 6) is 0.616. The average molecular weight is 357 g/mol. The van der Waals surface area contributed by atoms with Crippen molar-refractivity contribution in [1.82, 2.24) is 24.7 Å². The van der Waals surface area contributed by atoms with E-state index in [4.69, 9.17) is 4.52 Å². The van der Waals surface area contributed by atoms with E-state index in [1.54, 1.807) is 28.9 Å². The van der Waals surface area contributed by atoms with Crippen LogP contribution in [0.4, 0.5) is 0 Å². The maximum Gasteiger partial charge on any atom is 0.274 e. The zero-order valence-electron chi connectivity index (χ0n) is 15.3. The fourth-order valence-corrected chi connectivity index (χ4v) is 4.00. The number of fused-ring (bicyclic) bond motifs is 4. The fourth-order valence-electron chi connectivity index (χ4n) is 4.00. The molecule has 26 heavy (non-hydrogen) atoms. The van der Waals surface area contributed by atoms with Crippen LogP contribution in [0.1, 0.15) is 40.3 Å². The van der Waals surface area contributed by atoms with Crippen molar-refractivity contribution in [2.45, 2.75) is 39.3 Å². The van der Waals surface area contributed by atoms with Gasteiger partial charge in [-0.1, -0.05) is 5.16 Å². The predicted molar refractivity (Wildman–Crippen MR) is 92.2 cm³/mol. The number of aromatic nitrogens is 3. The molecule has 2 amide bonds. The van der Waals surface area contributed by atoms with Crippen molar-refractivity contribution >= 4 is 11.8 Å². The Kier molecular flexibility index (Phi) is 4.05. The van der Waals surface area contributed by atoms with Crippen molar-refractivity contribution < 1.29 is 14.1 Å². The molecule has 5 heterocycles. The minimum Gasteiger partial charge on any atom is -0.361 e. The number of carbonyl (C=O) groups excluding carboxylic acids is 2. The molecule has 2 aromatic rings. The van der Waals surface area contributed by atoms with Crippen molar-refractivity contribution in [3.63, 3.8) is 0 Å². The van der Waals surface area contributed by atoms with Crippen molar-refractivity contribution in [1.29, 1.82) is 0 Å². The van der Waals surface area contributed by atoms with Crippen LogP contribution < -0.4 is 0 Å². The summed E-state index contributed by atoms with van der Waals surface area (Å²) in [7, 11) is 1.79. The van der Waals surface area contributed by atoms with E-state index in [2.05, 4.69) is 10.3 Å². The topological polar surface area (TPSA) is 84.5 Å². The van der Waals surface area contributed by atoms with Crippen LogP contribution in [0.2, 0.25) is 0 Å². The van der Waals surface area contributed by atoms with Crippen molar-refractivity contribution in [2.75, 3.05) is 13.1 Å². The van der Waals surface area contributed by atoms with Crippen LogP contribution in [0.15, 0.2) is 16.8 Å². The molecule has 0 unspecified atom stereocenters. The number of aryl methyl sites for hydroxylation is 3. The number of hydrogen-bond donors (Lipinski definition) is 0. The first kappa shape index (κ1) is 16.8. The molecule has 2 aromatic heterocycles. The first-order valence-corrected chi connectivity index (χ1v) is 8.95. The van der Waals surface area contributed by atoms with Crippen LogP contribution in [-0.2, 0) is 18.4 Å². The SMILES string of the molecule is Cc1noc(C)c1CN1C(=O)[C@H]2CC[C@@H]1CN(C(=O)c1ccn(C)n1)C2. The Bertz CT molecular complexity index is 835. The van der Waals surface area contributed by atoms with Gasteiger partial charge in [0.15, 0.2) is 0 Å². The molecule has 3 aliphatic heterocycles. The summed E-state index contributed by atoms with van der Waals surface area (Å²) in [6.45, 7) is 5.26. The van der Waals surface area contributed by atoms with E-state index in [0.717, 1.165) is 29.9 Å². The molecule has 3 aliphatic rings. The van der Waals surface area contributed by atoms with Gasteiger partial charge in [0.1, 0.15) is 11.5 Å². The molecule has 0 spiro atoms. The van der Waals surface area contributed by atoms with E-state index in [-0.39, 0.29) is 23.8 Å². The largest absolute Gasteiger partial charge is 0.361 e. The third kappa shape index (κ3) is 2.79. The molecule has 138 valence electrons. The number of carbonyl (C=O) groups is 2. The van der Waals surface area contributed by atoms with Crippen molar-refractivity contribution in [3.8, 4) is 0 Å². The minimum atomic E-state index is -0.151. The van der Waals surface area contributed by atoms with Gasteiger partial charge in [-0.25, -0.2) is 0 Å². The Balaban J connectivity index is 1.57. The monoisotopic (exact) mass is 357 g/mol. The molecule has 0 saturated carbocycles. The molecule has 2 atom stereocenters. The highest BCUT2D eigenvalue weighted by molar-refractivity contribution is 5.93. The molecule has 0 radical (unpaired) electrons. The lowest BCUT2D eigenvalue weighted by Gasteiger charge is -2.35. The third-order valence-corrected chi connectivity index (χ3v) is 5.52. The van der Waals surface area contributed by atoms with Crippen LogP contribution in [0.5, 0.6) is 0 Å². The van der Waals surface area contributed by atoms with Gasteiger partial charge in [0, 0.05) is 37.9 Å². The number of rotatable bonds is 3. The standard InChI is InChI=1S/C18H23N5O3/c1-11-15(12(2)26-20-11)10-23-14-5-4-13(17(23)24)8-22(9-14)18(25)16-6-7-21(3)19-16/h6-7,13-14H,4-5,8-10H2,1-3H3/t13-,14+/m0/s1. The fraction of sp³-hybridized carbons (Fsp3) is 0.556. The Morgan fingerprint density at radius 2 is 2.12 bits per heavy atom. The quantitative estimate of drug-likeness (QED) is 0.826. The minimum absolute atomic E-state index is 0.0163. The molecular formula is C18H23N5O3. The van der Waals surface area contributed by atoms with Crippen LogP contribution in [-0.4, -0.2) is 55.7 Å². The second-order valence-electron chi connectivity index (χ2n) is 7.28. The Morgan fingerprint density at radius 3 is 2.77 bits per heavy atom. The first-order valence-electron chi connectivity index (χ1n) is 8.95. The van der Waals surface area contributed by atoms with Gasteiger partial charge in [0.05, 0.1) is 18.2 Å². The molecular weight excluding hydrogens is 334 g/mol. The van der Waals surface area contributed by atoms with Gasteiger partial charge in [-0.2, -0.15) is 5.10 Å². The molecule has 0 N–H and O–H groups in total. The molecule has 0 aliphatic carbocycles. The van der Waals surface area contributed by atoms with E-state index in [9.17, 15) is 9.59 Å². The van der Waals surface area contributed by atoms with E-state index < -0.39 is 0 Å². The summed E-state index contributed by atoms with van der Waals surface area (Å²) in [6, 6.07) is 1.74. The highest BCUT2D eigenvalue weighted by Crippen LogP contribution is 2.31. The summed E-state index contributed by atoms with van der Waals surface area (Å²) in [6.07, 6.45) is 3.49. The lowest BCUT2D eigenvalue weighted by atomic mass is 9.93. The van der Waals surface area contributed by atoms with E-state index in [1.807, 2.05) is 18.7 Å². The molecule has 3 saturated heterocycles. The summed E-state index contributed by atoms with van der Waals surface area (Å²) < 4.78 is 6.86. The normalized spacial score (nSPS) is 22.8. The lowest BCUT2D eigenvalue weighted by Crippen LogP contribution is -2.47. The summed E-state index contributed by atoms with van der Waals surface area (Å²) in [5, 5.41) is 8.20.